The lowest BCUT2D eigenvalue weighted by atomic mass is 9.80. The normalized spacial score (nSPS) is 17.0. The van der Waals surface area contributed by atoms with E-state index in [-0.39, 0.29) is 11.3 Å². The Morgan fingerprint density at radius 2 is 1.14 bits per heavy atom. The van der Waals surface area contributed by atoms with E-state index < -0.39 is 149 Å². The van der Waals surface area contributed by atoms with Crippen molar-refractivity contribution in [2.75, 3.05) is 60.1 Å². The lowest BCUT2D eigenvalue weighted by Gasteiger charge is -2.37. The first-order chi connectivity index (χ1) is 34.9. The Kier molecular flexibility index (Phi) is 19.7. The molecule has 5 rings (SSSR count). The van der Waals surface area contributed by atoms with Crippen LogP contribution >= 0.6 is 0 Å². The van der Waals surface area contributed by atoms with Gasteiger partial charge in [0.2, 0.25) is 0 Å². The predicted molar refractivity (Wildman–Crippen MR) is 241 cm³/mol. The Hall–Kier alpha value is -7.13. The third-order valence-electron chi connectivity index (χ3n) is 11.5. The number of aliphatic hydroxyl groups is 1. The van der Waals surface area contributed by atoms with Gasteiger partial charge in [0.15, 0.2) is 12.3 Å². The zero-order valence-corrected chi connectivity index (χ0v) is 39.4. The highest BCUT2D eigenvalue weighted by Gasteiger charge is 2.50. The van der Waals surface area contributed by atoms with E-state index >= 15 is 0 Å². The quantitative estimate of drug-likeness (QED) is 0.0442. The van der Waals surface area contributed by atoms with Gasteiger partial charge in [-0.25, -0.2) is 9.59 Å². The Balaban J connectivity index is 1.28. The van der Waals surface area contributed by atoms with E-state index in [1.807, 2.05) is 17.1 Å². The van der Waals surface area contributed by atoms with Crippen LogP contribution in [0.3, 0.4) is 0 Å². The molecule has 0 radical (unpaired) electrons. The monoisotopic (exact) mass is 1060 g/mol. The molecule has 4 N–H and O–H groups in total. The molecular formula is C47H51F9N6O12. The molecule has 0 bridgehead atoms. The first-order valence-electron chi connectivity index (χ1n) is 22.6. The van der Waals surface area contributed by atoms with Crippen molar-refractivity contribution < 1.29 is 87.5 Å². The minimum absolute atomic E-state index is 0.202. The molecule has 18 nitrogen and oxygen atoms in total. The van der Waals surface area contributed by atoms with Crippen LogP contribution in [0, 0.1) is 0 Å². The number of amides is 4. The van der Waals surface area contributed by atoms with Crippen LogP contribution in [-0.2, 0) is 34.2 Å². The van der Waals surface area contributed by atoms with E-state index in [4.69, 9.17) is 23.7 Å². The number of alkyl halides is 9. The number of hydrogen-bond acceptors (Lipinski definition) is 12. The van der Waals surface area contributed by atoms with Crippen LogP contribution < -0.4 is 31.4 Å². The molecule has 1 aliphatic rings. The summed E-state index contributed by atoms with van der Waals surface area (Å²) in [5.74, 6) is -6.03. The van der Waals surface area contributed by atoms with Crippen molar-refractivity contribution in [3.05, 3.63) is 129 Å². The Morgan fingerprint density at radius 3 is 1.59 bits per heavy atom. The minimum atomic E-state index is -5.42. The van der Waals surface area contributed by atoms with Gasteiger partial charge in [-0.15, -0.1) is 0 Å². The predicted octanol–water partition coefficient (Wildman–Crippen LogP) is 4.94. The highest BCUT2D eigenvalue weighted by Crippen LogP contribution is 2.43. The summed E-state index contributed by atoms with van der Waals surface area (Å²) in [6, 6.07) is 23.9. The molecule has 4 atom stereocenters. The van der Waals surface area contributed by atoms with E-state index in [9.17, 15) is 73.4 Å². The first-order valence-corrected chi connectivity index (χ1v) is 22.6. The maximum Gasteiger partial charge on any atom is 0.471 e. The third-order valence-corrected chi connectivity index (χ3v) is 11.5. The van der Waals surface area contributed by atoms with Crippen molar-refractivity contribution in [3.63, 3.8) is 0 Å². The highest BCUT2D eigenvalue weighted by atomic mass is 19.4. The van der Waals surface area contributed by atoms with Crippen molar-refractivity contribution >= 4 is 23.8 Å². The molecule has 0 unspecified atom stereocenters. The van der Waals surface area contributed by atoms with Crippen molar-refractivity contribution in [2.45, 2.75) is 74.4 Å². The number of hydrogen-bond donors (Lipinski definition) is 4. The second kappa shape index (κ2) is 25.2. The number of H-pyrrole nitrogens is 1. The van der Waals surface area contributed by atoms with Crippen LogP contribution in [0.5, 0.6) is 11.5 Å². The van der Waals surface area contributed by atoms with E-state index in [0.29, 0.717) is 33.1 Å². The summed E-state index contributed by atoms with van der Waals surface area (Å²) in [4.78, 5) is 76.3. The molecule has 4 aromatic rings. The first kappa shape index (κ1) is 57.8. The fourth-order valence-electron chi connectivity index (χ4n) is 7.91. The SMILES string of the molecule is COc1ccc(C(OC[C@H]2O[C@@H](n3ccc(=O)[nH]c3=O)[C@H](OC(=O)NCCCN(CCCCN(CCCNC(=O)C(F)(F)F)C(=O)C(F)(F)F)C(=O)C(F)(F)F)[C@@H]2O)(c2ccccc2)c2ccc(OC)cc2)cc1. The second-order valence-electron chi connectivity index (χ2n) is 16.4. The van der Waals surface area contributed by atoms with Crippen molar-refractivity contribution in [1.82, 2.24) is 30.0 Å². The zero-order valence-electron chi connectivity index (χ0n) is 39.4. The largest absolute Gasteiger partial charge is 0.497 e. The summed E-state index contributed by atoms with van der Waals surface area (Å²) >= 11 is 0. The smallest absolute Gasteiger partial charge is 0.471 e. The van der Waals surface area contributed by atoms with Gasteiger partial charge in [0.05, 0.1) is 20.8 Å². The molecule has 1 saturated heterocycles. The number of methoxy groups -OCH3 is 2. The number of carbonyl (C=O) groups is 4. The number of carbonyl (C=O) groups excluding carboxylic acids is 4. The molecule has 1 aliphatic heterocycles. The molecule has 0 spiro atoms. The molecule has 4 amide bonds. The molecule has 2 heterocycles. The van der Waals surface area contributed by atoms with Crippen molar-refractivity contribution in [2.24, 2.45) is 0 Å². The summed E-state index contributed by atoms with van der Waals surface area (Å²) in [6.07, 6.45) is -24.5. The van der Waals surface area contributed by atoms with Crippen LogP contribution in [0.1, 0.15) is 48.6 Å². The molecule has 0 aliphatic carbocycles. The van der Waals surface area contributed by atoms with Gasteiger partial charge >= 0.3 is 48.0 Å². The highest BCUT2D eigenvalue weighted by molar-refractivity contribution is 5.83. The maximum atomic E-state index is 13.6. The Labute approximate surface area is 415 Å². The lowest BCUT2D eigenvalue weighted by molar-refractivity contribution is -0.186. The van der Waals surface area contributed by atoms with Crippen LogP contribution in [0.25, 0.3) is 0 Å². The maximum absolute atomic E-state index is 13.6. The molecule has 1 aromatic heterocycles. The Bertz CT molecular complexity index is 2570. The molecule has 3 aromatic carbocycles. The van der Waals surface area contributed by atoms with Crippen LogP contribution in [0.4, 0.5) is 44.3 Å². The fourth-order valence-corrected chi connectivity index (χ4v) is 7.91. The fraction of sp³-hybridized carbons (Fsp3) is 0.447. The van der Waals surface area contributed by atoms with Gasteiger partial charge in [0.25, 0.3) is 5.56 Å². The summed E-state index contributed by atoms with van der Waals surface area (Å²) in [5.41, 5.74) is -1.45. The van der Waals surface area contributed by atoms with Gasteiger partial charge in [0.1, 0.15) is 29.3 Å². The van der Waals surface area contributed by atoms with E-state index in [0.717, 1.165) is 16.8 Å². The third kappa shape index (κ3) is 15.0. The number of aromatic amines is 1. The van der Waals surface area contributed by atoms with E-state index in [2.05, 4.69) is 5.32 Å². The van der Waals surface area contributed by atoms with Crippen LogP contribution in [0.2, 0.25) is 0 Å². The minimum Gasteiger partial charge on any atom is -0.497 e. The number of halogens is 9. The van der Waals surface area contributed by atoms with E-state index in [1.54, 1.807) is 66.7 Å². The van der Waals surface area contributed by atoms with Gasteiger partial charge in [-0.1, -0.05) is 54.6 Å². The number of alkyl carbamates (subject to hydrolysis) is 1. The van der Waals surface area contributed by atoms with Crippen molar-refractivity contribution in [3.8, 4) is 11.5 Å². The van der Waals surface area contributed by atoms with Gasteiger partial charge in [-0.3, -0.25) is 28.7 Å². The number of unbranched alkanes of at least 4 members (excludes halogenated alkanes) is 1. The molecule has 27 heteroatoms. The van der Waals surface area contributed by atoms with Gasteiger partial charge in [-0.2, -0.15) is 39.5 Å². The van der Waals surface area contributed by atoms with E-state index in [1.165, 1.54) is 19.5 Å². The zero-order chi connectivity index (χ0) is 54.4. The van der Waals surface area contributed by atoms with Crippen LogP contribution in [-0.4, -0.2) is 145 Å². The summed E-state index contributed by atoms with van der Waals surface area (Å²) < 4.78 is 148. The average molecular weight is 1060 g/mol. The van der Waals surface area contributed by atoms with Crippen LogP contribution in [0.15, 0.2) is 101 Å². The van der Waals surface area contributed by atoms with Crippen molar-refractivity contribution in [1.29, 1.82) is 0 Å². The number of aliphatic hydroxyl groups excluding tert-OH is 1. The topological polar surface area (TPSA) is 220 Å². The lowest BCUT2D eigenvalue weighted by Crippen LogP contribution is -2.45. The van der Waals surface area contributed by atoms with Gasteiger partial charge in [-0.05, 0) is 66.6 Å². The molecular weight excluding hydrogens is 1010 g/mol. The molecule has 0 saturated carbocycles. The Morgan fingerprint density at radius 1 is 0.662 bits per heavy atom. The average Bonchev–Trinajstić information content (AvgIpc) is 3.66. The summed E-state index contributed by atoms with van der Waals surface area (Å²) in [6.45, 7) is -4.58. The standard InChI is InChI=1S/C47H51F9N6O12/c1-70-32-16-12-30(13-17-32)44(29-10-4-3-5-11-29,31-14-18-33(71-2)19-15-31)72-28-34-36(64)37(38(73-34)62-27-20-35(63)59-42(62)68)74-43(69)58-22-9-26-61(41(67)47(54,55)56)24-7-6-23-60(40(66)46(51,52)53)25-8-21-57-39(65)45(48,49)50/h3-5,10-20,27,34,36-38,64H,6-9,21-26,28H2,1-2H3,(H,57,65)(H,58,69)(H,59,63,68)/t34-,36-,37-,38-/m1/s1. The number of rotatable bonds is 23. The molecule has 404 valence electrons. The van der Waals surface area contributed by atoms with Gasteiger partial charge < -0.3 is 49.2 Å². The number of ether oxygens (including phenoxy) is 5. The summed E-state index contributed by atoms with van der Waals surface area (Å²) in [5, 5.41) is 15.5. The number of benzene rings is 3. The number of nitrogens with one attached hydrogen (secondary N) is 3. The number of aromatic nitrogens is 2. The molecule has 74 heavy (non-hydrogen) atoms. The van der Waals surface area contributed by atoms with Gasteiger partial charge in [0, 0.05) is 51.5 Å². The summed E-state index contributed by atoms with van der Waals surface area (Å²) in [7, 11) is 2.99. The number of nitrogens with zero attached hydrogens (tertiary/aromatic N) is 3. The molecule has 1 fully saturated rings. The second-order valence-corrected chi connectivity index (χ2v) is 16.4.